The molecule has 1 heterocycles. The number of benzene rings is 1. The summed E-state index contributed by atoms with van der Waals surface area (Å²) < 4.78 is 27.0. The van der Waals surface area contributed by atoms with Crippen LogP contribution in [0.3, 0.4) is 0 Å². The average molecular weight is 311 g/mol. The highest BCUT2D eigenvalue weighted by molar-refractivity contribution is 7.88. The van der Waals surface area contributed by atoms with Crippen LogP contribution in [0.15, 0.2) is 30.3 Å². The van der Waals surface area contributed by atoms with Gasteiger partial charge < -0.3 is 5.73 Å². The molecule has 1 fully saturated rings. The minimum atomic E-state index is -3.33. The summed E-state index contributed by atoms with van der Waals surface area (Å²) in [5.41, 5.74) is 5.93. The Morgan fingerprint density at radius 1 is 1.24 bits per heavy atom. The number of carbonyl (C=O) groups excluding carboxylic acids is 1. The number of nitrogens with zero attached hydrogens (tertiary/aromatic N) is 1. The summed E-state index contributed by atoms with van der Waals surface area (Å²) in [5, 5.41) is 0. The molecule has 7 heteroatoms. The Hall–Kier alpha value is -1.44. The fourth-order valence-corrected chi connectivity index (χ4v) is 3.98. The molecule has 1 aliphatic heterocycles. The lowest BCUT2D eigenvalue weighted by molar-refractivity contribution is -0.119. The monoisotopic (exact) mass is 311 g/mol. The fourth-order valence-electron chi connectivity index (χ4n) is 2.52. The van der Waals surface area contributed by atoms with Gasteiger partial charge in [0, 0.05) is 19.1 Å². The number of hydrogen-bond acceptors (Lipinski definition) is 4. The Kier molecular flexibility index (Phi) is 5.33. The molecule has 21 heavy (non-hydrogen) atoms. The zero-order valence-electron chi connectivity index (χ0n) is 11.9. The first-order chi connectivity index (χ1) is 9.94. The Morgan fingerprint density at radius 2 is 1.86 bits per heavy atom. The molecule has 0 saturated carbocycles. The third-order valence-electron chi connectivity index (χ3n) is 3.51. The number of piperidine rings is 1. The molecule has 3 N–H and O–H groups in total. The lowest BCUT2D eigenvalue weighted by atomic mass is 10.1. The van der Waals surface area contributed by atoms with Gasteiger partial charge in [-0.1, -0.05) is 30.3 Å². The van der Waals surface area contributed by atoms with Crippen molar-refractivity contribution in [3.8, 4) is 0 Å². The maximum atomic E-state index is 12.1. The van der Waals surface area contributed by atoms with Crippen LogP contribution in [0.2, 0.25) is 0 Å². The Balaban J connectivity index is 1.83. The lowest BCUT2D eigenvalue weighted by Crippen LogP contribution is -2.46. The Labute approximate surface area is 125 Å². The van der Waals surface area contributed by atoms with Crippen LogP contribution in [0.25, 0.3) is 0 Å². The molecule has 0 bridgehead atoms. The van der Waals surface area contributed by atoms with E-state index in [-0.39, 0.29) is 24.2 Å². The number of primary amides is 1. The van der Waals surface area contributed by atoms with Gasteiger partial charge in [0.1, 0.15) is 0 Å². The SMILES string of the molecule is NC(=O)CN1CCC(NS(=O)(=O)Cc2ccccc2)CC1. The van der Waals surface area contributed by atoms with Crippen LogP contribution in [0.4, 0.5) is 0 Å². The Morgan fingerprint density at radius 3 is 2.43 bits per heavy atom. The number of likely N-dealkylation sites (tertiary alicyclic amines) is 1. The normalized spacial score (nSPS) is 17.7. The number of nitrogens with two attached hydrogens (primary N) is 1. The first-order valence-corrected chi connectivity index (χ1v) is 8.64. The number of nitrogens with one attached hydrogen (secondary N) is 1. The van der Waals surface area contributed by atoms with Crippen LogP contribution in [0.1, 0.15) is 18.4 Å². The molecule has 1 aromatic carbocycles. The summed E-state index contributed by atoms with van der Waals surface area (Å²) in [6, 6.07) is 9.05. The number of sulfonamides is 1. The first kappa shape index (κ1) is 15.9. The summed E-state index contributed by atoms with van der Waals surface area (Å²) in [7, 11) is -3.33. The zero-order chi connectivity index (χ0) is 15.3. The summed E-state index contributed by atoms with van der Waals surface area (Å²) >= 11 is 0. The van der Waals surface area contributed by atoms with Crippen molar-refractivity contribution in [2.24, 2.45) is 5.73 Å². The van der Waals surface area contributed by atoms with Gasteiger partial charge in [0.2, 0.25) is 15.9 Å². The van der Waals surface area contributed by atoms with E-state index in [4.69, 9.17) is 5.73 Å². The van der Waals surface area contributed by atoms with Crippen LogP contribution < -0.4 is 10.5 Å². The molecule has 0 aromatic heterocycles. The number of hydrogen-bond donors (Lipinski definition) is 2. The second-order valence-corrected chi connectivity index (χ2v) is 7.13. The van der Waals surface area contributed by atoms with Crippen molar-refractivity contribution in [1.29, 1.82) is 0 Å². The van der Waals surface area contributed by atoms with Gasteiger partial charge in [-0.3, -0.25) is 9.69 Å². The Bertz CT molecular complexity index is 566. The van der Waals surface area contributed by atoms with Crippen molar-refractivity contribution in [3.05, 3.63) is 35.9 Å². The van der Waals surface area contributed by atoms with E-state index >= 15 is 0 Å². The predicted octanol–water partition coefficient (Wildman–Crippen LogP) is 0.0557. The van der Waals surface area contributed by atoms with Crippen LogP contribution in [0, 0.1) is 0 Å². The number of amides is 1. The highest BCUT2D eigenvalue weighted by Gasteiger charge is 2.24. The van der Waals surface area contributed by atoms with E-state index in [0.717, 1.165) is 5.56 Å². The second-order valence-electron chi connectivity index (χ2n) is 5.38. The van der Waals surface area contributed by atoms with Crippen molar-refractivity contribution < 1.29 is 13.2 Å². The van der Waals surface area contributed by atoms with Gasteiger partial charge in [-0.25, -0.2) is 13.1 Å². The quantitative estimate of drug-likeness (QED) is 0.777. The van der Waals surface area contributed by atoms with Crippen molar-refractivity contribution in [1.82, 2.24) is 9.62 Å². The standard InChI is InChI=1S/C14H21N3O3S/c15-14(18)10-17-8-6-13(7-9-17)16-21(19,20)11-12-4-2-1-3-5-12/h1-5,13,16H,6-11H2,(H2,15,18). The van der Waals surface area contributed by atoms with E-state index in [0.29, 0.717) is 25.9 Å². The number of carbonyl (C=O) groups is 1. The minimum absolute atomic E-state index is 0.00462. The maximum Gasteiger partial charge on any atom is 0.231 e. The van der Waals surface area contributed by atoms with Crippen molar-refractivity contribution in [2.75, 3.05) is 19.6 Å². The molecule has 1 amide bonds. The molecular weight excluding hydrogens is 290 g/mol. The lowest BCUT2D eigenvalue weighted by Gasteiger charge is -2.31. The molecule has 116 valence electrons. The van der Waals surface area contributed by atoms with E-state index in [1.54, 1.807) is 12.1 Å². The molecule has 2 rings (SSSR count). The number of rotatable bonds is 6. The van der Waals surface area contributed by atoms with Gasteiger partial charge >= 0.3 is 0 Å². The third kappa shape index (κ3) is 5.45. The van der Waals surface area contributed by atoms with E-state index in [9.17, 15) is 13.2 Å². The molecule has 0 atom stereocenters. The second kappa shape index (κ2) is 7.02. The largest absolute Gasteiger partial charge is 0.369 e. The van der Waals surface area contributed by atoms with Crippen LogP contribution in [0.5, 0.6) is 0 Å². The van der Waals surface area contributed by atoms with E-state index in [2.05, 4.69) is 4.72 Å². The summed E-state index contributed by atoms with van der Waals surface area (Å²) in [5.74, 6) is -0.354. The van der Waals surface area contributed by atoms with Gasteiger partial charge in [-0.05, 0) is 18.4 Å². The summed E-state index contributed by atoms with van der Waals surface area (Å²) in [6.45, 7) is 1.60. The van der Waals surface area contributed by atoms with Crippen molar-refractivity contribution >= 4 is 15.9 Å². The van der Waals surface area contributed by atoms with Crippen molar-refractivity contribution in [2.45, 2.75) is 24.6 Å². The molecule has 0 spiro atoms. The van der Waals surface area contributed by atoms with Gasteiger partial charge in [0.25, 0.3) is 0 Å². The van der Waals surface area contributed by atoms with Crippen molar-refractivity contribution in [3.63, 3.8) is 0 Å². The van der Waals surface area contributed by atoms with Gasteiger partial charge in [0.05, 0.1) is 12.3 Å². The highest BCUT2D eigenvalue weighted by Crippen LogP contribution is 2.12. The molecule has 1 aromatic rings. The molecule has 1 aliphatic rings. The third-order valence-corrected chi connectivity index (χ3v) is 4.92. The summed E-state index contributed by atoms with van der Waals surface area (Å²) in [4.78, 5) is 12.8. The highest BCUT2D eigenvalue weighted by atomic mass is 32.2. The van der Waals surface area contributed by atoms with Crippen LogP contribution >= 0.6 is 0 Å². The maximum absolute atomic E-state index is 12.1. The van der Waals surface area contributed by atoms with E-state index < -0.39 is 10.0 Å². The first-order valence-electron chi connectivity index (χ1n) is 6.99. The predicted molar refractivity (Wildman–Crippen MR) is 80.9 cm³/mol. The molecule has 1 saturated heterocycles. The fraction of sp³-hybridized carbons (Fsp3) is 0.500. The topological polar surface area (TPSA) is 92.5 Å². The van der Waals surface area contributed by atoms with E-state index in [1.165, 1.54) is 0 Å². The molecular formula is C14H21N3O3S. The molecule has 0 aliphatic carbocycles. The smallest absolute Gasteiger partial charge is 0.231 e. The van der Waals surface area contributed by atoms with Crippen LogP contribution in [-0.2, 0) is 20.6 Å². The van der Waals surface area contributed by atoms with E-state index in [1.807, 2.05) is 23.1 Å². The zero-order valence-corrected chi connectivity index (χ0v) is 12.7. The molecule has 0 radical (unpaired) electrons. The minimum Gasteiger partial charge on any atom is -0.369 e. The van der Waals surface area contributed by atoms with Gasteiger partial charge in [-0.2, -0.15) is 0 Å². The van der Waals surface area contributed by atoms with Gasteiger partial charge in [-0.15, -0.1) is 0 Å². The summed E-state index contributed by atoms with van der Waals surface area (Å²) in [6.07, 6.45) is 1.39. The van der Waals surface area contributed by atoms with Crippen LogP contribution in [-0.4, -0.2) is 44.9 Å². The molecule has 0 unspecified atom stereocenters. The molecule has 6 nitrogen and oxygen atoms in total. The van der Waals surface area contributed by atoms with Gasteiger partial charge in [0.15, 0.2) is 0 Å². The average Bonchev–Trinajstić information content (AvgIpc) is 2.40.